The second-order valence-electron chi connectivity index (χ2n) is 10.0. The predicted molar refractivity (Wildman–Crippen MR) is 145 cm³/mol. The third-order valence-corrected chi connectivity index (χ3v) is 9.53. The van der Waals surface area contributed by atoms with Gasteiger partial charge in [0.15, 0.2) is 0 Å². The lowest BCUT2D eigenvalue weighted by molar-refractivity contribution is -0.132. The van der Waals surface area contributed by atoms with E-state index in [0.717, 1.165) is 31.2 Å². The summed E-state index contributed by atoms with van der Waals surface area (Å²) in [5, 5.41) is 7.33. The van der Waals surface area contributed by atoms with Gasteiger partial charge < -0.3 is 10.6 Å². The standard InChI is InChI=1S/C29H33N3O4S/c1-20-8-2-5-11-23(20)28(33)31-26-14-15-27(25-13-7-6-12-24(25)26)37(35,36)32(22-16-18-30-19-17-22)29(34)21-9-3-4-10-21/h2,5-8,11-15,21-22,30H,3-4,9-10,16-19H2,1H3,(H,31,33). The zero-order valence-corrected chi connectivity index (χ0v) is 21.9. The Bertz CT molecular complexity index is 1420. The summed E-state index contributed by atoms with van der Waals surface area (Å²) in [7, 11) is -4.12. The van der Waals surface area contributed by atoms with E-state index in [1.54, 1.807) is 30.3 Å². The molecule has 1 saturated heterocycles. The van der Waals surface area contributed by atoms with E-state index < -0.39 is 10.0 Å². The molecule has 2 amide bonds. The van der Waals surface area contributed by atoms with Gasteiger partial charge in [-0.15, -0.1) is 0 Å². The molecule has 1 saturated carbocycles. The van der Waals surface area contributed by atoms with Gasteiger partial charge in [0.1, 0.15) is 0 Å². The molecule has 0 radical (unpaired) electrons. The average molecular weight is 520 g/mol. The number of benzene rings is 3. The second-order valence-corrected chi connectivity index (χ2v) is 11.8. The van der Waals surface area contributed by atoms with Crippen molar-refractivity contribution in [1.82, 2.24) is 9.62 Å². The summed E-state index contributed by atoms with van der Waals surface area (Å²) >= 11 is 0. The minimum Gasteiger partial charge on any atom is -0.321 e. The predicted octanol–water partition coefficient (Wildman–Crippen LogP) is 4.86. The van der Waals surface area contributed by atoms with Crippen LogP contribution in [0.4, 0.5) is 5.69 Å². The summed E-state index contributed by atoms with van der Waals surface area (Å²) in [5.74, 6) is -0.777. The first-order valence-corrected chi connectivity index (χ1v) is 14.5. The van der Waals surface area contributed by atoms with E-state index in [1.165, 1.54) is 10.4 Å². The van der Waals surface area contributed by atoms with E-state index in [0.29, 0.717) is 48.0 Å². The molecule has 1 aliphatic carbocycles. The number of piperidine rings is 1. The van der Waals surface area contributed by atoms with Gasteiger partial charge in [-0.05, 0) is 69.5 Å². The van der Waals surface area contributed by atoms with Crippen LogP contribution in [-0.2, 0) is 14.8 Å². The van der Waals surface area contributed by atoms with Crippen LogP contribution in [0.25, 0.3) is 10.8 Å². The van der Waals surface area contributed by atoms with E-state index in [-0.39, 0.29) is 28.7 Å². The number of anilines is 1. The number of sulfonamides is 1. The molecule has 2 N–H and O–H groups in total. The topological polar surface area (TPSA) is 95.6 Å². The molecule has 0 spiro atoms. The number of carbonyl (C=O) groups is 2. The number of fused-ring (bicyclic) bond motifs is 1. The van der Waals surface area contributed by atoms with E-state index in [4.69, 9.17) is 0 Å². The molecule has 5 rings (SSSR count). The van der Waals surface area contributed by atoms with E-state index in [9.17, 15) is 18.0 Å². The molecule has 0 aromatic heterocycles. The molecule has 0 unspecified atom stereocenters. The second kappa shape index (κ2) is 10.6. The number of carbonyl (C=O) groups excluding carboxylic acids is 2. The molecule has 2 aliphatic rings. The quantitative estimate of drug-likeness (QED) is 0.485. The first-order chi connectivity index (χ1) is 17.9. The number of nitrogens with one attached hydrogen (secondary N) is 2. The van der Waals surface area contributed by atoms with Crippen LogP contribution in [0.15, 0.2) is 65.6 Å². The molecule has 0 atom stereocenters. The summed E-state index contributed by atoms with van der Waals surface area (Å²) in [6, 6.07) is 17.3. The van der Waals surface area contributed by atoms with Crippen molar-refractivity contribution >= 4 is 38.3 Å². The summed E-state index contributed by atoms with van der Waals surface area (Å²) in [6.07, 6.45) is 4.57. The highest BCUT2D eigenvalue weighted by atomic mass is 32.2. The largest absolute Gasteiger partial charge is 0.321 e. The number of hydrogen-bond acceptors (Lipinski definition) is 5. The van der Waals surface area contributed by atoms with Crippen LogP contribution in [0.5, 0.6) is 0 Å². The Kier molecular flexibility index (Phi) is 7.31. The molecule has 8 heteroatoms. The minimum atomic E-state index is -4.12. The van der Waals surface area contributed by atoms with Gasteiger partial charge in [-0.3, -0.25) is 9.59 Å². The van der Waals surface area contributed by atoms with Crippen LogP contribution in [0.2, 0.25) is 0 Å². The van der Waals surface area contributed by atoms with E-state index in [2.05, 4.69) is 10.6 Å². The van der Waals surface area contributed by atoms with Gasteiger partial charge in [0, 0.05) is 27.9 Å². The molecule has 3 aromatic carbocycles. The molecule has 0 bridgehead atoms. The Labute approximate surface area is 218 Å². The van der Waals surface area contributed by atoms with Crippen molar-refractivity contribution in [2.45, 2.75) is 56.4 Å². The Morgan fingerprint density at radius 3 is 2.22 bits per heavy atom. The first kappa shape index (κ1) is 25.4. The fourth-order valence-corrected chi connectivity index (χ4v) is 7.51. The highest BCUT2D eigenvalue weighted by molar-refractivity contribution is 7.90. The Balaban J connectivity index is 1.55. The zero-order chi connectivity index (χ0) is 26.0. The number of hydrogen-bond donors (Lipinski definition) is 2. The summed E-state index contributed by atoms with van der Waals surface area (Å²) < 4.78 is 29.7. The number of amides is 2. The molecule has 2 fully saturated rings. The molecular formula is C29H33N3O4S. The van der Waals surface area contributed by atoms with E-state index in [1.807, 2.05) is 31.2 Å². The molecule has 1 aliphatic heterocycles. The SMILES string of the molecule is Cc1ccccc1C(=O)Nc1ccc(S(=O)(=O)N(C(=O)C2CCCC2)C2CCNCC2)c2ccccc12. The summed E-state index contributed by atoms with van der Waals surface area (Å²) in [5.41, 5.74) is 1.94. The lowest BCUT2D eigenvalue weighted by atomic mass is 10.0. The van der Waals surface area contributed by atoms with Crippen molar-refractivity contribution in [3.63, 3.8) is 0 Å². The lowest BCUT2D eigenvalue weighted by Gasteiger charge is -2.35. The van der Waals surface area contributed by atoms with Crippen molar-refractivity contribution in [3.05, 3.63) is 71.8 Å². The number of rotatable bonds is 6. The van der Waals surface area contributed by atoms with Gasteiger partial charge in [-0.25, -0.2) is 12.7 Å². The molecule has 37 heavy (non-hydrogen) atoms. The van der Waals surface area contributed by atoms with Gasteiger partial charge >= 0.3 is 0 Å². The highest BCUT2D eigenvalue weighted by Gasteiger charge is 2.40. The van der Waals surface area contributed by atoms with Crippen LogP contribution in [0.3, 0.4) is 0 Å². The highest BCUT2D eigenvalue weighted by Crippen LogP contribution is 2.36. The van der Waals surface area contributed by atoms with Crippen molar-refractivity contribution < 1.29 is 18.0 Å². The van der Waals surface area contributed by atoms with Crippen LogP contribution in [-0.4, -0.2) is 43.7 Å². The fraction of sp³-hybridized carbons (Fsp3) is 0.379. The summed E-state index contributed by atoms with van der Waals surface area (Å²) in [4.78, 5) is 26.8. The van der Waals surface area contributed by atoms with Gasteiger partial charge in [-0.2, -0.15) is 0 Å². The molecule has 194 valence electrons. The summed E-state index contributed by atoms with van der Waals surface area (Å²) in [6.45, 7) is 3.23. The molecule has 7 nitrogen and oxygen atoms in total. The Hall–Kier alpha value is -3.23. The van der Waals surface area contributed by atoms with Crippen molar-refractivity contribution in [2.75, 3.05) is 18.4 Å². The Morgan fingerprint density at radius 2 is 1.51 bits per heavy atom. The van der Waals surface area contributed by atoms with Gasteiger partial charge in [0.05, 0.1) is 10.9 Å². The van der Waals surface area contributed by atoms with Gasteiger partial charge in [0.2, 0.25) is 5.91 Å². The third kappa shape index (κ3) is 5.00. The number of nitrogens with zero attached hydrogens (tertiary/aromatic N) is 1. The molecule has 1 heterocycles. The monoisotopic (exact) mass is 519 g/mol. The maximum Gasteiger partial charge on any atom is 0.267 e. The number of aryl methyl sites for hydroxylation is 1. The van der Waals surface area contributed by atoms with Crippen molar-refractivity contribution in [2.24, 2.45) is 5.92 Å². The van der Waals surface area contributed by atoms with Crippen LogP contribution in [0, 0.1) is 12.8 Å². The Morgan fingerprint density at radius 1 is 0.865 bits per heavy atom. The smallest absolute Gasteiger partial charge is 0.267 e. The molecular weight excluding hydrogens is 486 g/mol. The van der Waals surface area contributed by atoms with Gasteiger partial charge in [-0.1, -0.05) is 55.3 Å². The first-order valence-electron chi connectivity index (χ1n) is 13.1. The maximum atomic E-state index is 14.2. The van der Waals surface area contributed by atoms with Crippen LogP contribution in [0.1, 0.15) is 54.4 Å². The van der Waals surface area contributed by atoms with Crippen molar-refractivity contribution in [1.29, 1.82) is 0 Å². The fourth-order valence-electron chi connectivity index (χ4n) is 5.62. The molecule has 3 aromatic rings. The average Bonchev–Trinajstić information content (AvgIpc) is 3.45. The maximum absolute atomic E-state index is 14.2. The van der Waals surface area contributed by atoms with Crippen LogP contribution < -0.4 is 10.6 Å². The van der Waals surface area contributed by atoms with Gasteiger partial charge in [0.25, 0.3) is 15.9 Å². The minimum absolute atomic E-state index is 0.0990. The third-order valence-electron chi connectivity index (χ3n) is 7.62. The zero-order valence-electron chi connectivity index (χ0n) is 21.1. The van der Waals surface area contributed by atoms with E-state index >= 15 is 0 Å². The normalized spacial score (nSPS) is 17.1. The van der Waals surface area contributed by atoms with Crippen molar-refractivity contribution in [3.8, 4) is 0 Å². The lowest BCUT2D eigenvalue weighted by Crippen LogP contribution is -2.50. The van der Waals surface area contributed by atoms with Crippen LogP contribution >= 0.6 is 0 Å².